The van der Waals surface area contributed by atoms with Gasteiger partial charge >= 0.3 is 17.6 Å². The molecular formula is C49H61ClF2N6O14S2. The molecule has 2 amide bonds. The van der Waals surface area contributed by atoms with Crippen LogP contribution in [-0.4, -0.2) is 131 Å². The molecule has 0 N–H and O–H groups in total. The molecule has 8 rings (SSSR count). The summed E-state index contributed by atoms with van der Waals surface area (Å²) in [6.07, 6.45) is 6.05. The van der Waals surface area contributed by atoms with Crippen LogP contribution < -0.4 is 18.9 Å². The highest BCUT2D eigenvalue weighted by atomic mass is 35.5. The first-order chi connectivity index (χ1) is 34.9. The molecule has 74 heavy (non-hydrogen) atoms. The number of hydrogen-bond donors (Lipinski definition) is 0. The summed E-state index contributed by atoms with van der Waals surface area (Å²) in [7, 11) is -6.98. The molecule has 0 unspecified atom stereocenters. The lowest BCUT2D eigenvalue weighted by Gasteiger charge is -2.33. The molecule has 0 atom stereocenters. The van der Waals surface area contributed by atoms with Gasteiger partial charge in [0.1, 0.15) is 30.5 Å². The fraction of sp³-hybridized carbons (Fsp3) is 0.531. The van der Waals surface area contributed by atoms with Crippen LogP contribution in [0.25, 0.3) is 0 Å². The molecule has 2 aromatic heterocycles. The Morgan fingerprint density at radius 3 is 1.28 bits per heavy atom. The predicted molar refractivity (Wildman–Crippen MR) is 263 cm³/mol. The SMILES string of the molecule is CC(C)(C)OC(=O)N1CCC(Oc2cc(Oc3ccc(S(=O)(=O)C4CC4)cc3F)ncn2)CC1.CC(C)OC(=O)Cl.CC(C)OC(=O)N1CCC(Oc2cc(Oc3ccc(S(=O)(=O)C4CC4)cc3F)ncn2)CC1. The number of halogens is 3. The van der Waals surface area contributed by atoms with E-state index in [2.05, 4.69) is 24.7 Å². The van der Waals surface area contributed by atoms with Crippen LogP contribution in [0.2, 0.25) is 0 Å². The highest BCUT2D eigenvalue weighted by Gasteiger charge is 2.38. The average Bonchev–Trinajstić information content (AvgIpc) is 4.25. The normalized spacial score (nSPS) is 16.5. The van der Waals surface area contributed by atoms with Gasteiger partial charge in [0.2, 0.25) is 23.5 Å². The number of aromatic nitrogens is 4. The number of sulfone groups is 2. The number of benzene rings is 2. The third-order valence-electron chi connectivity index (χ3n) is 11.1. The van der Waals surface area contributed by atoms with E-state index in [4.69, 9.17) is 40.0 Å². The Labute approximate surface area is 434 Å². The molecule has 0 radical (unpaired) electrons. The van der Waals surface area contributed by atoms with Gasteiger partial charge in [-0.15, -0.1) is 0 Å². The minimum Gasteiger partial charge on any atom is -0.474 e. The fourth-order valence-electron chi connectivity index (χ4n) is 7.18. The van der Waals surface area contributed by atoms with Crippen LogP contribution in [0, 0.1) is 11.6 Å². The maximum Gasteiger partial charge on any atom is 0.410 e. The molecule has 4 heterocycles. The van der Waals surface area contributed by atoms with Gasteiger partial charge in [0.15, 0.2) is 42.8 Å². The number of rotatable bonds is 14. The largest absolute Gasteiger partial charge is 0.474 e. The van der Waals surface area contributed by atoms with Crippen LogP contribution in [0.15, 0.2) is 71.0 Å². The van der Waals surface area contributed by atoms with Crippen molar-refractivity contribution < 1.29 is 73.2 Å². The van der Waals surface area contributed by atoms with E-state index in [0.29, 0.717) is 77.5 Å². The van der Waals surface area contributed by atoms with E-state index < -0.39 is 52.8 Å². The van der Waals surface area contributed by atoms with E-state index in [-0.39, 0.29) is 81.4 Å². The van der Waals surface area contributed by atoms with Crippen molar-refractivity contribution in [1.82, 2.24) is 29.7 Å². The van der Waals surface area contributed by atoms with Crippen LogP contribution in [-0.2, 0) is 33.9 Å². The van der Waals surface area contributed by atoms with Crippen molar-refractivity contribution >= 4 is 48.9 Å². The molecule has 0 spiro atoms. The lowest BCUT2D eigenvalue weighted by atomic mass is 10.1. The molecule has 20 nitrogen and oxygen atoms in total. The minimum absolute atomic E-state index is 0.0508. The smallest absolute Gasteiger partial charge is 0.410 e. The van der Waals surface area contributed by atoms with Gasteiger partial charge in [0.05, 0.1) is 44.6 Å². The van der Waals surface area contributed by atoms with E-state index in [1.165, 1.54) is 49.1 Å². The average molecular weight is 1100 g/mol. The van der Waals surface area contributed by atoms with E-state index in [0.717, 1.165) is 12.1 Å². The fourth-order valence-corrected chi connectivity index (χ4v) is 10.7. The maximum atomic E-state index is 14.5. The van der Waals surface area contributed by atoms with Crippen molar-refractivity contribution in [2.75, 3.05) is 26.2 Å². The lowest BCUT2D eigenvalue weighted by Crippen LogP contribution is -2.44. The van der Waals surface area contributed by atoms with E-state index in [1.54, 1.807) is 37.5 Å². The summed E-state index contributed by atoms with van der Waals surface area (Å²) in [5, 5.41) is -0.839. The van der Waals surface area contributed by atoms with Crippen molar-refractivity contribution in [3.8, 4) is 35.0 Å². The monoisotopic (exact) mass is 1090 g/mol. The second kappa shape index (κ2) is 24.9. The molecular weight excluding hydrogens is 1030 g/mol. The van der Waals surface area contributed by atoms with Gasteiger partial charge in [0, 0.05) is 63.5 Å². The zero-order valence-electron chi connectivity index (χ0n) is 42.1. The van der Waals surface area contributed by atoms with Crippen LogP contribution in [0.5, 0.6) is 35.0 Å². The van der Waals surface area contributed by atoms with Gasteiger partial charge in [0.25, 0.3) is 0 Å². The Bertz CT molecular complexity index is 2820. The summed E-state index contributed by atoms with van der Waals surface area (Å²) in [6.45, 7) is 14.6. The third kappa shape index (κ3) is 17.2. The van der Waals surface area contributed by atoms with Crippen molar-refractivity contribution in [1.29, 1.82) is 0 Å². The van der Waals surface area contributed by atoms with Crippen molar-refractivity contribution in [3.05, 3.63) is 72.8 Å². The van der Waals surface area contributed by atoms with E-state index in [9.17, 15) is 40.0 Å². The quantitative estimate of drug-likeness (QED) is 0.0842. The number of amides is 2. The zero-order chi connectivity index (χ0) is 54.0. The number of piperidine rings is 2. The first kappa shape index (κ1) is 57.1. The third-order valence-corrected chi connectivity index (χ3v) is 15.7. The Morgan fingerprint density at radius 2 is 0.959 bits per heavy atom. The summed E-state index contributed by atoms with van der Waals surface area (Å²) >= 11 is 4.81. The maximum absolute atomic E-state index is 14.5. The Morgan fingerprint density at radius 1 is 0.581 bits per heavy atom. The molecule has 25 heteroatoms. The highest BCUT2D eigenvalue weighted by molar-refractivity contribution is 7.92. The molecule has 4 fully saturated rings. The van der Waals surface area contributed by atoms with Gasteiger partial charge in [-0.1, -0.05) is 0 Å². The lowest BCUT2D eigenvalue weighted by molar-refractivity contribution is 0.0122. The van der Waals surface area contributed by atoms with Gasteiger partial charge in [-0.25, -0.2) is 59.9 Å². The molecule has 4 aromatic rings. The number of carbonyl (C=O) groups is 3. The summed E-state index contributed by atoms with van der Waals surface area (Å²) < 4.78 is 116. The molecule has 2 aliphatic carbocycles. The van der Waals surface area contributed by atoms with Gasteiger partial charge in [-0.3, -0.25) is 0 Å². The number of hydrogen-bond acceptors (Lipinski definition) is 18. The standard InChI is InChI=1S/C23H28FN3O6S.C22H26FN3O6S.C4H7ClO2/c1-23(2,3)33-22(28)27-10-8-15(9-11-27)31-20-13-21(26-14-25-20)32-19-7-6-17(12-18(19)24)34(29,30)16-4-5-16;1-14(2)30-22(27)26-9-7-15(8-10-26)31-20-12-21(25-13-24-20)32-19-6-5-17(11-18(19)23)33(28,29)16-3-4-16;1-3(2)7-4(5)6/h6-7,12-16H,4-5,8-11H2,1-3H3;5-6,11-16H,3-4,7-10H2,1-2H3;3H,1-2H3. The van der Waals surface area contributed by atoms with Gasteiger partial charge < -0.3 is 43.0 Å². The summed E-state index contributed by atoms with van der Waals surface area (Å²) in [5.74, 6) is -1.24. The Kier molecular flexibility index (Phi) is 19.2. The summed E-state index contributed by atoms with van der Waals surface area (Å²) in [6, 6.07) is 10.0. The number of nitrogens with zero attached hydrogens (tertiary/aromatic N) is 6. The molecule has 2 saturated heterocycles. The van der Waals surface area contributed by atoms with Crippen molar-refractivity contribution in [2.45, 2.75) is 150 Å². The topological polar surface area (TPSA) is 242 Å². The number of ether oxygens (including phenoxy) is 7. The predicted octanol–water partition coefficient (Wildman–Crippen LogP) is 9.62. The number of likely N-dealkylation sites (tertiary alicyclic amines) is 2. The first-order valence-corrected chi connectivity index (χ1v) is 27.5. The van der Waals surface area contributed by atoms with E-state index >= 15 is 0 Å². The Balaban J connectivity index is 0.000000214. The zero-order valence-corrected chi connectivity index (χ0v) is 44.5. The second-order valence-corrected chi connectivity index (χ2v) is 24.0. The highest BCUT2D eigenvalue weighted by Crippen LogP contribution is 2.37. The van der Waals surface area contributed by atoms with Crippen LogP contribution in [0.3, 0.4) is 0 Å². The molecule has 2 aromatic carbocycles. The van der Waals surface area contributed by atoms with Crippen LogP contribution in [0.4, 0.5) is 23.2 Å². The van der Waals surface area contributed by atoms with Crippen molar-refractivity contribution in [3.63, 3.8) is 0 Å². The molecule has 404 valence electrons. The van der Waals surface area contributed by atoms with Crippen LogP contribution >= 0.6 is 11.6 Å². The second-order valence-electron chi connectivity index (χ2n) is 19.2. The first-order valence-electron chi connectivity index (χ1n) is 24.1. The molecule has 2 saturated carbocycles. The van der Waals surface area contributed by atoms with Gasteiger partial charge in [-0.05, 0) is 111 Å². The van der Waals surface area contributed by atoms with Crippen molar-refractivity contribution in [2.24, 2.45) is 0 Å². The Hall–Kier alpha value is -6.14. The van der Waals surface area contributed by atoms with Crippen LogP contribution in [0.1, 0.15) is 99.8 Å². The van der Waals surface area contributed by atoms with E-state index in [1.807, 2.05) is 20.8 Å². The van der Waals surface area contributed by atoms with Gasteiger partial charge in [-0.2, -0.15) is 0 Å². The molecule has 4 aliphatic rings. The molecule has 0 bridgehead atoms. The molecule has 2 aliphatic heterocycles. The minimum atomic E-state index is -3.49. The summed E-state index contributed by atoms with van der Waals surface area (Å²) in [4.78, 5) is 53.3. The number of carbonyl (C=O) groups excluding carboxylic acids is 3. The summed E-state index contributed by atoms with van der Waals surface area (Å²) in [5.41, 5.74) is -1.29.